The van der Waals surface area contributed by atoms with Crippen molar-refractivity contribution in [2.24, 2.45) is 0 Å². The molecule has 4 rings (SSSR count). The smallest absolute Gasteiger partial charge is 0.210 e. The number of halogens is 2. The lowest BCUT2D eigenvalue weighted by Crippen LogP contribution is -2.40. The van der Waals surface area contributed by atoms with Crippen LogP contribution < -0.4 is 5.43 Å². The first kappa shape index (κ1) is 19.9. The zero-order chi connectivity index (χ0) is 20.8. The number of Topliss-reactive ketones (excluding diaryl/α,β-unsaturated/α-hetero) is 1. The Bertz CT molecular complexity index is 1040. The Labute approximate surface area is 177 Å². The molecule has 29 heavy (non-hydrogen) atoms. The average Bonchev–Trinajstić information content (AvgIpc) is 3.11. The van der Waals surface area contributed by atoms with E-state index in [4.69, 9.17) is 11.6 Å². The Balaban J connectivity index is 1.77. The van der Waals surface area contributed by atoms with Gasteiger partial charge in [0.2, 0.25) is 5.16 Å². The Morgan fingerprint density at radius 1 is 1.10 bits per heavy atom. The van der Waals surface area contributed by atoms with E-state index in [-0.39, 0.29) is 23.1 Å². The molecule has 8 heteroatoms. The maximum atomic E-state index is 13.3. The third-order valence-corrected chi connectivity index (χ3v) is 6.19. The average molecular weight is 431 g/mol. The standard InChI is InChI=1S/C21H20ClFN4OS/c1-21(2,3)19-24-25-20-27(19)26-16(12-4-8-14(22)9-5-12)18(29-20)17(28)13-6-10-15(23)11-7-13/h4-11,16,18,26H,1-3H3. The lowest BCUT2D eigenvalue weighted by molar-refractivity contribution is 0.0980. The molecule has 1 aliphatic heterocycles. The molecule has 1 aromatic heterocycles. The van der Waals surface area contributed by atoms with E-state index in [1.807, 2.05) is 16.8 Å². The van der Waals surface area contributed by atoms with Crippen molar-refractivity contribution < 1.29 is 9.18 Å². The number of thioether (sulfide) groups is 1. The number of benzene rings is 2. The highest BCUT2D eigenvalue weighted by atomic mass is 35.5. The zero-order valence-corrected chi connectivity index (χ0v) is 17.8. The van der Waals surface area contributed by atoms with Crippen LogP contribution in [0, 0.1) is 5.82 Å². The van der Waals surface area contributed by atoms with E-state index in [2.05, 4.69) is 36.4 Å². The highest BCUT2D eigenvalue weighted by molar-refractivity contribution is 8.00. The van der Waals surface area contributed by atoms with Gasteiger partial charge in [-0.3, -0.25) is 4.79 Å². The van der Waals surface area contributed by atoms with Crippen molar-refractivity contribution in [2.75, 3.05) is 5.43 Å². The fourth-order valence-electron chi connectivity index (χ4n) is 3.24. The molecule has 2 aromatic carbocycles. The van der Waals surface area contributed by atoms with Gasteiger partial charge >= 0.3 is 0 Å². The summed E-state index contributed by atoms with van der Waals surface area (Å²) in [5, 5.41) is 9.38. The molecule has 5 nitrogen and oxygen atoms in total. The molecule has 0 saturated carbocycles. The van der Waals surface area contributed by atoms with Gasteiger partial charge in [0.05, 0.1) is 6.04 Å². The third-order valence-electron chi connectivity index (χ3n) is 4.72. The predicted octanol–water partition coefficient (Wildman–Crippen LogP) is 5.01. The van der Waals surface area contributed by atoms with Crippen molar-refractivity contribution in [2.45, 2.75) is 42.6 Å². The van der Waals surface area contributed by atoms with Crippen LogP contribution in [0.1, 0.15) is 48.6 Å². The summed E-state index contributed by atoms with van der Waals surface area (Å²) in [5.41, 5.74) is 4.58. The van der Waals surface area contributed by atoms with Crippen LogP contribution in [-0.4, -0.2) is 25.9 Å². The summed E-state index contributed by atoms with van der Waals surface area (Å²) in [6, 6.07) is 12.7. The van der Waals surface area contributed by atoms with E-state index < -0.39 is 5.25 Å². The number of ketones is 1. The molecule has 3 aromatic rings. The van der Waals surface area contributed by atoms with E-state index in [0.29, 0.717) is 15.7 Å². The fourth-order valence-corrected chi connectivity index (χ4v) is 4.52. The maximum Gasteiger partial charge on any atom is 0.210 e. The van der Waals surface area contributed by atoms with Crippen molar-refractivity contribution in [3.8, 4) is 0 Å². The molecule has 2 heterocycles. The van der Waals surface area contributed by atoms with Crippen LogP contribution in [0.2, 0.25) is 5.02 Å². The minimum atomic E-state index is -0.494. The Morgan fingerprint density at radius 3 is 2.38 bits per heavy atom. The molecule has 0 spiro atoms. The van der Waals surface area contributed by atoms with Gasteiger partial charge in [0, 0.05) is 16.0 Å². The van der Waals surface area contributed by atoms with E-state index in [1.165, 1.54) is 36.0 Å². The van der Waals surface area contributed by atoms with Crippen molar-refractivity contribution >= 4 is 29.1 Å². The monoisotopic (exact) mass is 430 g/mol. The first-order valence-electron chi connectivity index (χ1n) is 9.18. The van der Waals surface area contributed by atoms with Crippen LogP contribution in [0.3, 0.4) is 0 Å². The second kappa shape index (κ2) is 7.46. The van der Waals surface area contributed by atoms with Crippen LogP contribution in [0.4, 0.5) is 4.39 Å². The number of carbonyl (C=O) groups is 1. The number of hydrogen-bond acceptors (Lipinski definition) is 5. The van der Waals surface area contributed by atoms with Crippen LogP contribution >= 0.6 is 23.4 Å². The SMILES string of the molecule is CC(C)(C)c1nnc2n1NC(c1ccc(Cl)cc1)C(C(=O)c1ccc(F)cc1)S2. The van der Waals surface area contributed by atoms with Crippen LogP contribution in [0.5, 0.6) is 0 Å². The lowest BCUT2D eigenvalue weighted by atomic mass is 9.95. The topological polar surface area (TPSA) is 59.8 Å². The molecular formula is C21H20ClFN4OS. The van der Waals surface area contributed by atoms with E-state index >= 15 is 0 Å². The van der Waals surface area contributed by atoms with Gasteiger partial charge < -0.3 is 5.43 Å². The first-order valence-corrected chi connectivity index (χ1v) is 10.4. The molecule has 0 radical (unpaired) electrons. The van der Waals surface area contributed by atoms with Gasteiger partial charge in [-0.1, -0.05) is 56.3 Å². The van der Waals surface area contributed by atoms with Gasteiger partial charge in [-0.15, -0.1) is 10.2 Å². The fraction of sp³-hybridized carbons (Fsp3) is 0.286. The normalized spacial score (nSPS) is 18.8. The van der Waals surface area contributed by atoms with Crippen molar-refractivity contribution in [1.29, 1.82) is 0 Å². The Kier molecular flexibility index (Phi) is 5.12. The zero-order valence-electron chi connectivity index (χ0n) is 16.2. The second-order valence-electron chi connectivity index (χ2n) is 7.96. The quantitative estimate of drug-likeness (QED) is 0.592. The predicted molar refractivity (Wildman–Crippen MR) is 113 cm³/mol. The molecule has 0 amide bonds. The van der Waals surface area contributed by atoms with Gasteiger partial charge in [0.25, 0.3) is 0 Å². The van der Waals surface area contributed by atoms with Crippen LogP contribution in [0.25, 0.3) is 0 Å². The van der Waals surface area contributed by atoms with Crippen LogP contribution in [0.15, 0.2) is 53.7 Å². The summed E-state index contributed by atoms with van der Waals surface area (Å²) in [5.74, 6) is 0.306. The number of aromatic nitrogens is 3. The molecule has 0 aliphatic carbocycles. The van der Waals surface area contributed by atoms with Crippen LogP contribution in [-0.2, 0) is 5.41 Å². The molecule has 2 atom stereocenters. The minimum absolute atomic E-state index is 0.103. The molecular weight excluding hydrogens is 411 g/mol. The molecule has 2 unspecified atom stereocenters. The number of fused-ring (bicyclic) bond motifs is 1. The Hall–Kier alpha value is -2.38. The van der Waals surface area contributed by atoms with E-state index in [9.17, 15) is 9.18 Å². The largest absolute Gasteiger partial charge is 0.313 e. The minimum Gasteiger partial charge on any atom is -0.313 e. The van der Waals surface area contributed by atoms with Gasteiger partial charge in [-0.2, -0.15) is 0 Å². The summed E-state index contributed by atoms with van der Waals surface area (Å²) < 4.78 is 15.2. The van der Waals surface area contributed by atoms with Gasteiger partial charge in [0.15, 0.2) is 11.6 Å². The summed E-state index contributed by atoms with van der Waals surface area (Å²) in [7, 11) is 0. The second-order valence-corrected chi connectivity index (χ2v) is 9.50. The molecule has 0 bridgehead atoms. The van der Waals surface area contributed by atoms with Crippen molar-refractivity contribution in [3.05, 3.63) is 76.3 Å². The van der Waals surface area contributed by atoms with E-state index in [0.717, 1.165) is 11.4 Å². The molecule has 1 N–H and O–H groups in total. The summed E-state index contributed by atoms with van der Waals surface area (Å²) in [4.78, 5) is 13.3. The maximum absolute atomic E-state index is 13.3. The number of rotatable bonds is 3. The highest BCUT2D eigenvalue weighted by Gasteiger charge is 2.39. The van der Waals surface area contributed by atoms with Gasteiger partial charge in [0.1, 0.15) is 11.1 Å². The Morgan fingerprint density at radius 2 is 1.76 bits per heavy atom. The molecule has 0 saturated heterocycles. The van der Waals surface area contributed by atoms with Gasteiger partial charge in [-0.05, 0) is 42.0 Å². The number of hydrogen-bond donors (Lipinski definition) is 1. The summed E-state index contributed by atoms with van der Waals surface area (Å²) in [6.07, 6.45) is 0. The van der Waals surface area contributed by atoms with E-state index in [1.54, 1.807) is 12.1 Å². The van der Waals surface area contributed by atoms with Gasteiger partial charge in [-0.25, -0.2) is 9.07 Å². The number of nitrogens with zero attached hydrogens (tertiary/aromatic N) is 3. The van der Waals surface area contributed by atoms with Crippen molar-refractivity contribution in [3.63, 3.8) is 0 Å². The number of nitrogens with one attached hydrogen (secondary N) is 1. The highest BCUT2D eigenvalue weighted by Crippen LogP contribution is 2.40. The number of carbonyl (C=O) groups excluding carboxylic acids is 1. The molecule has 0 fully saturated rings. The summed E-state index contributed by atoms with van der Waals surface area (Å²) >= 11 is 7.41. The van der Waals surface area contributed by atoms with Crippen molar-refractivity contribution in [1.82, 2.24) is 14.9 Å². The third kappa shape index (κ3) is 3.89. The lowest BCUT2D eigenvalue weighted by Gasteiger charge is -2.34. The molecule has 150 valence electrons. The molecule has 1 aliphatic rings. The summed E-state index contributed by atoms with van der Waals surface area (Å²) in [6.45, 7) is 6.18. The first-order chi connectivity index (χ1) is 13.7.